The summed E-state index contributed by atoms with van der Waals surface area (Å²) in [7, 11) is 0. The zero-order valence-electron chi connectivity index (χ0n) is 13.3. The highest BCUT2D eigenvalue weighted by molar-refractivity contribution is 5.95. The molecule has 6 nitrogen and oxygen atoms in total. The van der Waals surface area contributed by atoms with Gasteiger partial charge in [-0.15, -0.1) is 0 Å². The van der Waals surface area contributed by atoms with Crippen LogP contribution in [-0.4, -0.2) is 50.7 Å². The Morgan fingerprint density at radius 2 is 2.13 bits per heavy atom. The molecule has 1 aromatic heterocycles. The molecule has 2 atom stereocenters. The standard InChI is InChI=1S/C17H21N5O/c1-12-8-13(2-5-16(12)21-11-19-10-20-21)17(23)22-14-3-4-15(22)9-18-7-6-14/h2,5,8,10-11,14-15,18H,3-4,6-7,9H2,1H3. The molecule has 2 aromatic rings. The van der Waals surface area contributed by atoms with Crippen LogP contribution in [0.15, 0.2) is 30.9 Å². The van der Waals surface area contributed by atoms with Crippen molar-refractivity contribution in [1.29, 1.82) is 0 Å². The molecule has 4 rings (SSSR count). The Morgan fingerprint density at radius 3 is 2.91 bits per heavy atom. The van der Waals surface area contributed by atoms with Gasteiger partial charge in [-0.05, 0) is 56.5 Å². The van der Waals surface area contributed by atoms with Gasteiger partial charge in [-0.1, -0.05) is 0 Å². The highest BCUT2D eigenvalue weighted by Crippen LogP contribution is 2.30. The number of nitrogens with zero attached hydrogens (tertiary/aromatic N) is 4. The number of rotatable bonds is 2. The van der Waals surface area contributed by atoms with Crippen LogP contribution in [0.3, 0.4) is 0 Å². The molecule has 23 heavy (non-hydrogen) atoms. The largest absolute Gasteiger partial charge is 0.331 e. The van der Waals surface area contributed by atoms with Gasteiger partial charge >= 0.3 is 0 Å². The van der Waals surface area contributed by atoms with E-state index in [0.717, 1.165) is 49.2 Å². The van der Waals surface area contributed by atoms with Crippen molar-refractivity contribution in [3.05, 3.63) is 42.0 Å². The van der Waals surface area contributed by atoms with Gasteiger partial charge in [-0.3, -0.25) is 4.79 Å². The second-order valence-corrected chi connectivity index (χ2v) is 6.43. The molecule has 2 saturated heterocycles. The third kappa shape index (κ3) is 2.53. The van der Waals surface area contributed by atoms with Crippen LogP contribution >= 0.6 is 0 Å². The number of fused-ring (bicyclic) bond motifs is 2. The lowest BCUT2D eigenvalue weighted by atomic mass is 10.1. The first-order valence-corrected chi connectivity index (χ1v) is 8.23. The molecule has 0 spiro atoms. The quantitative estimate of drug-likeness (QED) is 0.914. The van der Waals surface area contributed by atoms with E-state index in [-0.39, 0.29) is 5.91 Å². The molecule has 2 aliphatic rings. The Morgan fingerprint density at radius 1 is 1.26 bits per heavy atom. The maximum atomic E-state index is 13.0. The zero-order valence-corrected chi connectivity index (χ0v) is 13.3. The third-order valence-corrected chi connectivity index (χ3v) is 5.00. The van der Waals surface area contributed by atoms with Crippen LogP contribution in [0.5, 0.6) is 0 Å². The molecule has 120 valence electrons. The summed E-state index contributed by atoms with van der Waals surface area (Å²) in [6, 6.07) is 6.55. The van der Waals surface area contributed by atoms with E-state index in [4.69, 9.17) is 0 Å². The van der Waals surface area contributed by atoms with Gasteiger partial charge in [0.05, 0.1) is 5.69 Å². The number of aryl methyl sites for hydroxylation is 1. The zero-order chi connectivity index (χ0) is 15.8. The minimum atomic E-state index is 0.162. The number of aromatic nitrogens is 3. The predicted octanol–water partition coefficient (Wildman–Crippen LogP) is 1.54. The second-order valence-electron chi connectivity index (χ2n) is 6.43. The van der Waals surface area contributed by atoms with E-state index in [1.54, 1.807) is 11.0 Å². The monoisotopic (exact) mass is 311 g/mol. The van der Waals surface area contributed by atoms with Crippen molar-refractivity contribution in [2.75, 3.05) is 13.1 Å². The average Bonchev–Trinajstić information content (AvgIpc) is 3.13. The van der Waals surface area contributed by atoms with E-state index in [1.165, 1.54) is 6.33 Å². The van der Waals surface area contributed by atoms with Gasteiger partial charge in [0.2, 0.25) is 0 Å². The molecule has 3 heterocycles. The minimum Gasteiger partial charge on any atom is -0.331 e. The molecule has 2 unspecified atom stereocenters. The molecule has 0 radical (unpaired) electrons. The fourth-order valence-electron chi connectivity index (χ4n) is 3.84. The number of nitrogens with one attached hydrogen (secondary N) is 1. The van der Waals surface area contributed by atoms with Crippen LogP contribution in [0.1, 0.15) is 35.2 Å². The van der Waals surface area contributed by atoms with Gasteiger partial charge in [0.15, 0.2) is 0 Å². The summed E-state index contributed by atoms with van der Waals surface area (Å²) >= 11 is 0. The molecule has 1 amide bonds. The van der Waals surface area contributed by atoms with Crippen molar-refractivity contribution in [1.82, 2.24) is 25.0 Å². The van der Waals surface area contributed by atoms with E-state index in [0.29, 0.717) is 12.1 Å². The third-order valence-electron chi connectivity index (χ3n) is 5.00. The second kappa shape index (κ2) is 5.77. The van der Waals surface area contributed by atoms with Gasteiger partial charge in [0, 0.05) is 24.2 Å². The van der Waals surface area contributed by atoms with Crippen LogP contribution in [0.25, 0.3) is 5.69 Å². The average molecular weight is 311 g/mol. The Hall–Kier alpha value is -2.21. The fraction of sp³-hybridized carbons (Fsp3) is 0.471. The molecule has 0 saturated carbocycles. The Labute approximate surface area is 135 Å². The van der Waals surface area contributed by atoms with E-state index < -0.39 is 0 Å². The lowest BCUT2D eigenvalue weighted by Crippen LogP contribution is -2.42. The van der Waals surface area contributed by atoms with Crippen LogP contribution in [-0.2, 0) is 0 Å². The molecule has 2 fully saturated rings. The highest BCUT2D eigenvalue weighted by Gasteiger charge is 2.38. The summed E-state index contributed by atoms with van der Waals surface area (Å²) in [5, 5.41) is 7.60. The Kier molecular flexibility index (Phi) is 3.61. The van der Waals surface area contributed by atoms with Gasteiger partial charge < -0.3 is 10.2 Å². The molecule has 0 aliphatic carbocycles. The molecule has 1 aromatic carbocycles. The van der Waals surface area contributed by atoms with Crippen molar-refractivity contribution in [2.45, 2.75) is 38.3 Å². The summed E-state index contributed by atoms with van der Waals surface area (Å²) in [5.74, 6) is 0.162. The maximum Gasteiger partial charge on any atom is 0.254 e. The molecule has 2 bridgehead atoms. The topological polar surface area (TPSA) is 63.1 Å². The van der Waals surface area contributed by atoms with Crippen molar-refractivity contribution >= 4 is 5.91 Å². The predicted molar refractivity (Wildman–Crippen MR) is 86.6 cm³/mol. The number of benzene rings is 1. The summed E-state index contributed by atoms with van der Waals surface area (Å²) in [4.78, 5) is 19.1. The number of hydrogen-bond donors (Lipinski definition) is 1. The molecular formula is C17H21N5O. The first-order valence-electron chi connectivity index (χ1n) is 8.23. The summed E-state index contributed by atoms with van der Waals surface area (Å²) in [6.07, 6.45) is 6.48. The Bertz CT molecular complexity index is 698. The lowest BCUT2D eigenvalue weighted by Gasteiger charge is -2.28. The lowest BCUT2D eigenvalue weighted by molar-refractivity contribution is 0.0680. The molecule has 1 N–H and O–H groups in total. The van der Waals surface area contributed by atoms with Crippen molar-refractivity contribution in [3.63, 3.8) is 0 Å². The highest BCUT2D eigenvalue weighted by atomic mass is 16.2. The SMILES string of the molecule is Cc1cc(C(=O)N2C3CCNCC2CC3)ccc1-n1cncn1. The van der Waals surface area contributed by atoms with E-state index in [1.807, 2.05) is 25.1 Å². The van der Waals surface area contributed by atoms with E-state index >= 15 is 0 Å². The van der Waals surface area contributed by atoms with Crippen molar-refractivity contribution in [3.8, 4) is 5.69 Å². The van der Waals surface area contributed by atoms with Gasteiger partial charge in [0.25, 0.3) is 5.91 Å². The van der Waals surface area contributed by atoms with Gasteiger partial charge in [-0.25, -0.2) is 9.67 Å². The summed E-state index contributed by atoms with van der Waals surface area (Å²) < 4.78 is 1.73. The van der Waals surface area contributed by atoms with Crippen LogP contribution < -0.4 is 5.32 Å². The summed E-state index contributed by atoms with van der Waals surface area (Å²) in [6.45, 7) is 3.93. The number of carbonyl (C=O) groups is 1. The fourth-order valence-corrected chi connectivity index (χ4v) is 3.84. The van der Waals surface area contributed by atoms with Crippen LogP contribution in [0, 0.1) is 6.92 Å². The van der Waals surface area contributed by atoms with Crippen molar-refractivity contribution < 1.29 is 4.79 Å². The number of amides is 1. The summed E-state index contributed by atoms with van der Waals surface area (Å²) in [5.41, 5.74) is 2.76. The molecule has 2 aliphatic heterocycles. The van der Waals surface area contributed by atoms with E-state index in [9.17, 15) is 4.79 Å². The molecule has 6 heteroatoms. The number of carbonyl (C=O) groups excluding carboxylic acids is 1. The van der Waals surface area contributed by atoms with E-state index in [2.05, 4.69) is 20.3 Å². The molecular weight excluding hydrogens is 290 g/mol. The maximum absolute atomic E-state index is 13.0. The minimum absolute atomic E-state index is 0.162. The number of hydrogen-bond acceptors (Lipinski definition) is 4. The van der Waals surface area contributed by atoms with Gasteiger partial charge in [-0.2, -0.15) is 5.10 Å². The first-order chi connectivity index (χ1) is 11.2. The Balaban J connectivity index is 1.63. The normalized spacial score (nSPS) is 23.8. The van der Waals surface area contributed by atoms with Crippen LogP contribution in [0.2, 0.25) is 0 Å². The van der Waals surface area contributed by atoms with Crippen LogP contribution in [0.4, 0.5) is 0 Å². The van der Waals surface area contributed by atoms with Gasteiger partial charge in [0.1, 0.15) is 12.7 Å². The smallest absolute Gasteiger partial charge is 0.254 e. The van der Waals surface area contributed by atoms with Crippen molar-refractivity contribution in [2.24, 2.45) is 0 Å². The first kappa shape index (κ1) is 14.4.